The van der Waals surface area contributed by atoms with Gasteiger partial charge in [0, 0.05) is 13.1 Å². The molecule has 0 radical (unpaired) electrons. The summed E-state index contributed by atoms with van der Waals surface area (Å²) in [5.74, 6) is 0.950. The summed E-state index contributed by atoms with van der Waals surface area (Å²) in [6.45, 7) is 3.71. The minimum atomic E-state index is 0.157. The van der Waals surface area contributed by atoms with Gasteiger partial charge < -0.3 is 10.2 Å². The number of hydrogen-bond donors (Lipinski definition) is 1. The second-order valence-corrected chi connectivity index (χ2v) is 3.82. The highest BCUT2D eigenvalue weighted by atomic mass is 16.1. The number of nitrogens with one attached hydrogen (secondary N) is 1. The average molecular weight is 217 g/mol. The van der Waals surface area contributed by atoms with Crippen molar-refractivity contribution in [1.82, 2.24) is 10.2 Å². The first-order valence-electron chi connectivity index (χ1n) is 5.38. The maximum Gasteiger partial charge on any atom is 0.199 e. The first-order chi connectivity index (χ1) is 7.75. The Bertz CT molecular complexity index is 400. The molecule has 1 fully saturated rings. The lowest BCUT2D eigenvalue weighted by Gasteiger charge is -2.15. The molecule has 0 aliphatic carbocycles. The summed E-state index contributed by atoms with van der Waals surface area (Å²) in [6, 6.07) is 9.74. The van der Waals surface area contributed by atoms with E-state index in [1.54, 1.807) is 6.92 Å². The number of Topliss-reactive ketones (excluding diaryl/α,β-unsaturated/α-hetero) is 1. The Morgan fingerprint density at radius 1 is 1.44 bits per heavy atom. The van der Waals surface area contributed by atoms with Gasteiger partial charge in [-0.2, -0.15) is 0 Å². The monoisotopic (exact) mass is 217 g/mol. The van der Waals surface area contributed by atoms with Crippen molar-refractivity contribution < 1.29 is 4.79 Å². The number of carbonyl (C=O) groups excluding carboxylic acids is 1. The van der Waals surface area contributed by atoms with Gasteiger partial charge in [-0.15, -0.1) is 0 Å². The summed E-state index contributed by atoms with van der Waals surface area (Å²) in [4.78, 5) is 17.5. The van der Waals surface area contributed by atoms with Gasteiger partial charge in [0.25, 0.3) is 0 Å². The van der Waals surface area contributed by atoms with E-state index in [1.807, 2.05) is 35.2 Å². The van der Waals surface area contributed by atoms with Gasteiger partial charge in [0.2, 0.25) is 0 Å². The van der Waals surface area contributed by atoms with E-state index >= 15 is 0 Å². The Morgan fingerprint density at radius 2 is 2.19 bits per heavy atom. The molecule has 1 heterocycles. The number of hydrogen-bond acceptors (Lipinski definition) is 2. The summed E-state index contributed by atoms with van der Waals surface area (Å²) in [5.41, 5.74) is 0.903. The van der Waals surface area contributed by atoms with Crippen molar-refractivity contribution in [3.8, 4) is 0 Å². The minimum Gasteiger partial charge on any atom is -0.354 e. The molecule has 0 atom stereocenters. The van der Waals surface area contributed by atoms with E-state index in [0.29, 0.717) is 6.54 Å². The molecule has 4 nitrogen and oxygen atoms in total. The van der Waals surface area contributed by atoms with E-state index < -0.39 is 0 Å². The number of guanidine groups is 1. The highest BCUT2D eigenvalue weighted by Gasteiger charge is 2.18. The van der Waals surface area contributed by atoms with Crippen LogP contribution in [0.15, 0.2) is 35.3 Å². The maximum absolute atomic E-state index is 11.1. The van der Waals surface area contributed by atoms with Crippen LogP contribution in [0.1, 0.15) is 6.92 Å². The fraction of sp³-hybridized carbons (Fsp3) is 0.333. The van der Waals surface area contributed by atoms with Gasteiger partial charge >= 0.3 is 0 Å². The lowest BCUT2D eigenvalue weighted by Crippen LogP contribution is -2.33. The molecule has 16 heavy (non-hydrogen) atoms. The molecule has 0 bridgehead atoms. The minimum absolute atomic E-state index is 0.157. The molecule has 0 aromatic heterocycles. The van der Waals surface area contributed by atoms with E-state index in [-0.39, 0.29) is 5.78 Å². The van der Waals surface area contributed by atoms with E-state index in [2.05, 4.69) is 10.3 Å². The zero-order chi connectivity index (χ0) is 11.4. The number of benzene rings is 1. The van der Waals surface area contributed by atoms with E-state index in [4.69, 9.17) is 0 Å². The molecule has 0 saturated carbocycles. The molecule has 1 aliphatic heterocycles. The van der Waals surface area contributed by atoms with E-state index in [9.17, 15) is 4.79 Å². The highest BCUT2D eigenvalue weighted by molar-refractivity contribution is 5.89. The SMILES string of the molecule is CC(=O)CN1CCN/C1=N\c1ccccc1. The van der Waals surface area contributed by atoms with Crippen LogP contribution in [0.5, 0.6) is 0 Å². The van der Waals surface area contributed by atoms with Crippen molar-refractivity contribution in [2.75, 3.05) is 19.6 Å². The van der Waals surface area contributed by atoms with Crippen molar-refractivity contribution in [3.05, 3.63) is 30.3 Å². The van der Waals surface area contributed by atoms with Gasteiger partial charge in [0.05, 0.1) is 12.2 Å². The quantitative estimate of drug-likeness (QED) is 0.826. The third-order valence-electron chi connectivity index (χ3n) is 2.37. The molecule has 1 N–H and O–H groups in total. The first-order valence-corrected chi connectivity index (χ1v) is 5.38. The van der Waals surface area contributed by atoms with Crippen molar-refractivity contribution in [1.29, 1.82) is 0 Å². The number of nitrogens with zero attached hydrogens (tertiary/aromatic N) is 2. The summed E-state index contributed by atoms with van der Waals surface area (Å²) >= 11 is 0. The van der Waals surface area contributed by atoms with Crippen LogP contribution >= 0.6 is 0 Å². The van der Waals surface area contributed by atoms with E-state index in [1.165, 1.54) is 0 Å². The van der Waals surface area contributed by atoms with Crippen molar-refractivity contribution in [2.45, 2.75) is 6.92 Å². The van der Waals surface area contributed by atoms with Crippen LogP contribution in [0.3, 0.4) is 0 Å². The smallest absolute Gasteiger partial charge is 0.199 e. The topological polar surface area (TPSA) is 44.7 Å². The van der Waals surface area contributed by atoms with Crippen molar-refractivity contribution in [2.24, 2.45) is 4.99 Å². The first kappa shape index (κ1) is 10.7. The van der Waals surface area contributed by atoms with Gasteiger partial charge in [-0.05, 0) is 19.1 Å². The molecular weight excluding hydrogens is 202 g/mol. The lowest BCUT2D eigenvalue weighted by molar-refractivity contribution is -0.117. The highest BCUT2D eigenvalue weighted by Crippen LogP contribution is 2.11. The normalized spacial score (nSPS) is 17.6. The molecule has 1 saturated heterocycles. The van der Waals surface area contributed by atoms with Gasteiger partial charge in [0.15, 0.2) is 5.96 Å². The number of aliphatic imine (C=N–C) groups is 1. The third kappa shape index (κ3) is 2.59. The van der Waals surface area contributed by atoms with Crippen molar-refractivity contribution >= 4 is 17.4 Å². The average Bonchev–Trinajstić information content (AvgIpc) is 2.66. The van der Waals surface area contributed by atoms with Gasteiger partial charge in [-0.3, -0.25) is 4.79 Å². The zero-order valence-corrected chi connectivity index (χ0v) is 9.31. The number of ketones is 1. The zero-order valence-electron chi connectivity index (χ0n) is 9.31. The fourth-order valence-electron chi connectivity index (χ4n) is 1.68. The Hall–Kier alpha value is -1.84. The largest absolute Gasteiger partial charge is 0.354 e. The van der Waals surface area contributed by atoms with Crippen LogP contribution in [-0.2, 0) is 4.79 Å². The number of rotatable bonds is 3. The van der Waals surface area contributed by atoms with Crippen LogP contribution in [-0.4, -0.2) is 36.3 Å². The number of para-hydroxylation sites is 1. The molecule has 84 valence electrons. The molecule has 2 rings (SSSR count). The molecule has 4 heteroatoms. The molecule has 0 amide bonds. The Balaban J connectivity index is 2.13. The van der Waals surface area contributed by atoms with Gasteiger partial charge in [-0.1, -0.05) is 18.2 Å². The standard InChI is InChI=1S/C12H15N3O/c1-10(16)9-15-8-7-13-12(15)14-11-5-3-2-4-6-11/h2-6H,7-9H2,1H3,(H,13,14). The second kappa shape index (κ2) is 4.79. The van der Waals surface area contributed by atoms with Crippen molar-refractivity contribution in [3.63, 3.8) is 0 Å². The lowest BCUT2D eigenvalue weighted by atomic mass is 10.3. The predicted octanol–water partition coefficient (Wildman–Crippen LogP) is 1.17. The molecule has 0 spiro atoms. The van der Waals surface area contributed by atoms with Crippen LogP contribution < -0.4 is 5.32 Å². The van der Waals surface area contributed by atoms with Crippen LogP contribution in [0.2, 0.25) is 0 Å². The number of carbonyl (C=O) groups is 1. The molecule has 1 aliphatic rings. The molecule has 1 aromatic carbocycles. The van der Waals surface area contributed by atoms with E-state index in [0.717, 1.165) is 24.7 Å². The predicted molar refractivity (Wildman–Crippen MR) is 63.8 cm³/mol. The Kier molecular flexibility index (Phi) is 3.19. The summed E-state index contributed by atoms with van der Waals surface area (Å²) < 4.78 is 0. The van der Waals surface area contributed by atoms with Gasteiger partial charge in [-0.25, -0.2) is 4.99 Å². The van der Waals surface area contributed by atoms with Crippen LogP contribution in [0.4, 0.5) is 5.69 Å². The third-order valence-corrected chi connectivity index (χ3v) is 2.37. The summed E-state index contributed by atoms with van der Waals surface area (Å²) in [5, 5.41) is 3.18. The molecular formula is C12H15N3O. The molecule has 1 aromatic rings. The van der Waals surface area contributed by atoms with Crippen LogP contribution in [0.25, 0.3) is 0 Å². The summed E-state index contributed by atoms with van der Waals surface area (Å²) in [7, 11) is 0. The Morgan fingerprint density at radius 3 is 2.88 bits per heavy atom. The summed E-state index contributed by atoms with van der Waals surface area (Å²) in [6.07, 6.45) is 0. The molecule has 0 unspecified atom stereocenters. The van der Waals surface area contributed by atoms with Crippen LogP contribution in [0, 0.1) is 0 Å². The van der Waals surface area contributed by atoms with Gasteiger partial charge in [0.1, 0.15) is 5.78 Å². The Labute approximate surface area is 95.0 Å². The fourth-order valence-corrected chi connectivity index (χ4v) is 1.68. The maximum atomic E-state index is 11.1. The second-order valence-electron chi connectivity index (χ2n) is 3.82.